The lowest BCUT2D eigenvalue weighted by molar-refractivity contribution is -0.123. The summed E-state index contributed by atoms with van der Waals surface area (Å²) in [5, 5.41) is 2.71. The van der Waals surface area contributed by atoms with Crippen LogP contribution in [0.3, 0.4) is 0 Å². The quantitative estimate of drug-likeness (QED) is 0.758. The molecule has 6 nitrogen and oxygen atoms in total. The van der Waals surface area contributed by atoms with Gasteiger partial charge in [-0.2, -0.15) is 0 Å². The minimum absolute atomic E-state index is 0.0961. The summed E-state index contributed by atoms with van der Waals surface area (Å²) < 4.78 is 5.03. The smallest absolute Gasteiger partial charge is 0.237 e. The summed E-state index contributed by atoms with van der Waals surface area (Å²) in [6, 6.07) is -0.516. The fourth-order valence-corrected chi connectivity index (χ4v) is 1.24. The fourth-order valence-electron chi connectivity index (χ4n) is 1.24. The fraction of sp³-hybridized carbons (Fsp3) is 0.545. The van der Waals surface area contributed by atoms with Gasteiger partial charge in [0.1, 0.15) is 5.69 Å². The van der Waals surface area contributed by atoms with E-state index in [0.717, 1.165) is 0 Å². The molecule has 1 aromatic rings. The maximum absolute atomic E-state index is 11.6. The lowest BCUT2D eigenvalue weighted by atomic mass is 10.1. The van der Waals surface area contributed by atoms with Gasteiger partial charge in [-0.1, -0.05) is 13.8 Å². The van der Waals surface area contributed by atoms with Gasteiger partial charge in [0.25, 0.3) is 0 Å². The molecule has 0 aliphatic heterocycles. The van der Waals surface area contributed by atoms with Gasteiger partial charge in [-0.05, 0) is 5.92 Å². The minimum Gasteiger partial charge on any atom is -0.480 e. The number of nitrogens with two attached hydrogens (primary N) is 1. The third-order valence-electron chi connectivity index (χ3n) is 2.38. The summed E-state index contributed by atoms with van der Waals surface area (Å²) in [4.78, 5) is 19.7. The average Bonchev–Trinajstić information content (AvgIpc) is 2.35. The number of aromatic nitrogens is 2. The second-order valence-corrected chi connectivity index (χ2v) is 4.00. The number of amides is 1. The summed E-state index contributed by atoms with van der Waals surface area (Å²) >= 11 is 0. The van der Waals surface area contributed by atoms with E-state index in [4.69, 9.17) is 10.5 Å². The van der Waals surface area contributed by atoms with E-state index in [-0.39, 0.29) is 18.4 Å². The summed E-state index contributed by atoms with van der Waals surface area (Å²) in [5.41, 5.74) is 6.30. The maximum atomic E-state index is 11.6. The molecule has 0 radical (unpaired) electrons. The molecule has 1 aromatic heterocycles. The second kappa shape index (κ2) is 6.15. The monoisotopic (exact) mass is 238 g/mol. The summed E-state index contributed by atoms with van der Waals surface area (Å²) in [6.07, 6.45) is 3.08. The van der Waals surface area contributed by atoms with E-state index in [2.05, 4.69) is 15.3 Å². The molecule has 0 aliphatic carbocycles. The number of nitrogens with zero attached hydrogens (tertiary/aromatic N) is 2. The molecule has 1 atom stereocenters. The molecule has 1 rings (SSSR count). The molecule has 6 heteroatoms. The zero-order chi connectivity index (χ0) is 12.8. The molecule has 17 heavy (non-hydrogen) atoms. The number of hydrogen-bond donors (Lipinski definition) is 2. The van der Waals surface area contributed by atoms with Crippen molar-refractivity contribution in [3.63, 3.8) is 0 Å². The average molecular weight is 238 g/mol. The first-order chi connectivity index (χ1) is 8.06. The third kappa shape index (κ3) is 3.67. The number of ether oxygens (including phenoxy) is 1. The zero-order valence-corrected chi connectivity index (χ0v) is 10.3. The van der Waals surface area contributed by atoms with Crippen molar-refractivity contribution in [1.82, 2.24) is 15.3 Å². The van der Waals surface area contributed by atoms with Crippen LogP contribution in [-0.4, -0.2) is 29.0 Å². The molecule has 3 N–H and O–H groups in total. The van der Waals surface area contributed by atoms with Gasteiger partial charge in [0.05, 0.1) is 19.7 Å². The van der Waals surface area contributed by atoms with Gasteiger partial charge in [0.2, 0.25) is 11.8 Å². The first kappa shape index (κ1) is 13.4. The highest BCUT2D eigenvalue weighted by Gasteiger charge is 2.17. The Morgan fingerprint density at radius 3 is 2.71 bits per heavy atom. The minimum atomic E-state index is -0.516. The molecule has 0 spiro atoms. The van der Waals surface area contributed by atoms with Crippen LogP contribution < -0.4 is 15.8 Å². The Labute approximate surface area is 101 Å². The SMILES string of the molecule is COc1nccnc1CNC(=O)C(N)C(C)C. The molecule has 0 aliphatic rings. The molecule has 1 heterocycles. The summed E-state index contributed by atoms with van der Waals surface area (Å²) in [5.74, 6) is 0.303. The molecule has 94 valence electrons. The number of carbonyl (C=O) groups excluding carboxylic acids is 1. The second-order valence-electron chi connectivity index (χ2n) is 4.00. The highest BCUT2D eigenvalue weighted by Crippen LogP contribution is 2.09. The van der Waals surface area contributed by atoms with Crippen molar-refractivity contribution < 1.29 is 9.53 Å². The number of rotatable bonds is 5. The van der Waals surface area contributed by atoms with Crippen molar-refractivity contribution in [3.05, 3.63) is 18.1 Å². The van der Waals surface area contributed by atoms with Gasteiger partial charge in [0.15, 0.2) is 0 Å². The van der Waals surface area contributed by atoms with E-state index in [1.54, 1.807) is 6.20 Å². The Morgan fingerprint density at radius 2 is 2.12 bits per heavy atom. The van der Waals surface area contributed by atoms with Gasteiger partial charge < -0.3 is 15.8 Å². The van der Waals surface area contributed by atoms with Gasteiger partial charge in [-0.3, -0.25) is 9.78 Å². The molecule has 0 saturated heterocycles. The normalized spacial score (nSPS) is 12.3. The van der Waals surface area contributed by atoms with Crippen molar-refractivity contribution in [2.24, 2.45) is 11.7 Å². The van der Waals surface area contributed by atoms with Crippen LogP contribution in [0.4, 0.5) is 0 Å². The number of hydrogen-bond acceptors (Lipinski definition) is 5. The van der Waals surface area contributed by atoms with Crippen LogP contribution in [0.5, 0.6) is 5.88 Å². The molecule has 0 aromatic carbocycles. The van der Waals surface area contributed by atoms with E-state index >= 15 is 0 Å². The third-order valence-corrected chi connectivity index (χ3v) is 2.38. The van der Waals surface area contributed by atoms with Crippen LogP contribution in [0, 0.1) is 5.92 Å². The van der Waals surface area contributed by atoms with E-state index in [9.17, 15) is 4.79 Å². The molecule has 1 unspecified atom stereocenters. The Hall–Kier alpha value is -1.69. The predicted molar refractivity (Wildman–Crippen MR) is 63.2 cm³/mol. The zero-order valence-electron chi connectivity index (χ0n) is 10.3. The van der Waals surface area contributed by atoms with Crippen LogP contribution in [0.2, 0.25) is 0 Å². The lowest BCUT2D eigenvalue weighted by Gasteiger charge is -2.15. The number of carbonyl (C=O) groups is 1. The largest absolute Gasteiger partial charge is 0.480 e. The van der Waals surface area contributed by atoms with E-state index in [0.29, 0.717) is 11.6 Å². The number of methoxy groups -OCH3 is 1. The highest BCUT2D eigenvalue weighted by molar-refractivity contribution is 5.81. The van der Waals surface area contributed by atoms with E-state index in [1.807, 2.05) is 13.8 Å². The van der Waals surface area contributed by atoms with Gasteiger partial charge in [0, 0.05) is 12.4 Å². The Morgan fingerprint density at radius 1 is 1.47 bits per heavy atom. The first-order valence-electron chi connectivity index (χ1n) is 5.43. The molecule has 0 bridgehead atoms. The lowest BCUT2D eigenvalue weighted by Crippen LogP contribution is -2.43. The number of nitrogens with one attached hydrogen (secondary N) is 1. The van der Waals surface area contributed by atoms with Crippen molar-refractivity contribution >= 4 is 5.91 Å². The van der Waals surface area contributed by atoms with Crippen LogP contribution in [0.15, 0.2) is 12.4 Å². The molecule has 0 saturated carbocycles. The summed E-state index contributed by atoms with van der Waals surface area (Å²) in [6.45, 7) is 4.05. The molecule has 1 amide bonds. The Balaban J connectivity index is 2.58. The van der Waals surface area contributed by atoms with Crippen LogP contribution in [0.25, 0.3) is 0 Å². The van der Waals surface area contributed by atoms with Crippen molar-refractivity contribution in [3.8, 4) is 5.88 Å². The van der Waals surface area contributed by atoms with Crippen molar-refractivity contribution in [1.29, 1.82) is 0 Å². The standard InChI is InChI=1S/C11H18N4O2/c1-7(2)9(12)10(16)15-6-8-11(17-3)14-5-4-13-8/h4-5,7,9H,6,12H2,1-3H3,(H,15,16). The van der Waals surface area contributed by atoms with E-state index < -0.39 is 6.04 Å². The van der Waals surface area contributed by atoms with Crippen molar-refractivity contribution in [2.75, 3.05) is 7.11 Å². The van der Waals surface area contributed by atoms with Crippen LogP contribution >= 0.6 is 0 Å². The van der Waals surface area contributed by atoms with E-state index in [1.165, 1.54) is 13.3 Å². The highest BCUT2D eigenvalue weighted by atomic mass is 16.5. The van der Waals surface area contributed by atoms with Crippen LogP contribution in [0.1, 0.15) is 19.5 Å². The summed E-state index contributed by atoms with van der Waals surface area (Å²) in [7, 11) is 1.51. The maximum Gasteiger partial charge on any atom is 0.237 e. The Bertz CT molecular complexity index is 381. The predicted octanol–water partition coefficient (Wildman–Crippen LogP) is 0.0847. The molecular weight excluding hydrogens is 220 g/mol. The molecular formula is C11H18N4O2. The van der Waals surface area contributed by atoms with Gasteiger partial charge in [-0.15, -0.1) is 0 Å². The first-order valence-corrected chi connectivity index (χ1v) is 5.43. The molecule has 0 fully saturated rings. The van der Waals surface area contributed by atoms with Crippen LogP contribution in [-0.2, 0) is 11.3 Å². The van der Waals surface area contributed by atoms with Crippen molar-refractivity contribution in [2.45, 2.75) is 26.4 Å². The topological polar surface area (TPSA) is 90.1 Å². The Kier molecular flexibility index (Phi) is 4.84. The van der Waals surface area contributed by atoms with Gasteiger partial charge >= 0.3 is 0 Å². The van der Waals surface area contributed by atoms with Gasteiger partial charge in [-0.25, -0.2) is 4.98 Å².